The van der Waals surface area contributed by atoms with Crippen LogP contribution in [0, 0.1) is 0 Å². The van der Waals surface area contributed by atoms with Crippen LogP contribution in [0.4, 0.5) is 0 Å². The first-order valence-corrected chi connectivity index (χ1v) is 9.73. The zero-order valence-electron chi connectivity index (χ0n) is 17.6. The molecule has 0 bridgehead atoms. The van der Waals surface area contributed by atoms with Crippen molar-refractivity contribution in [2.24, 2.45) is 0 Å². The molecule has 0 aromatic heterocycles. The predicted molar refractivity (Wildman–Crippen MR) is 115 cm³/mol. The number of hydrogen-bond acceptors (Lipinski definition) is 3. The van der Waals surface area contributed by atoms with Gasteiger partial charge in [-0.25, -0.2) is 0 Å². The van der Waals surface area contributed by atoms with Gasteiger partial charge in [0.1, 0.15) is 18.0 Å². The van der Waals surface area contributed by atoms with Crippen molar-refractivity contribution in [3.05, 3.63) is 71.8 Å². The van der Waals surface area contributed by atoms with Gasteiger partial charge in [0.15, 0.2) is 6.54 Å². The molecule has 0 fully saturated rings. The maximum atomic E-state index is 12.7. The van der Waals surface area contributed by atoms with Gasteiger partial charge in [-0.15, -0.1) is 0 Å². The van der Waals surface area contributed by atoms with E-state index in [0.29, 0.717) is 13.1 Å². The minimum atomic E-state index is 0.125. The normalized spacial score (nSPS) is 11.9. The summed E-state index contributed by atoms with van der Waals surface area (Å²) >= 11 is 0. The van der Waals surface area contributed by atoms with E-state index in [-0.39, 0.29) is 5.91 Å². The molecule has 3 aromatic rings. The van der Waals surface area contributed by atoms with Gasteiger partial charge in [-0.3, -0.25) is 4.79 Å². The molecule has 0 aliphatic heterocycles. The van der Waals surface area contributed by atoms with Crippen molar-refractivity contribution in [1.29, 1.82) is 0 Å². The summed E-state index contributed by atoms with van der Waals surface area (Å²) < 4.78 is 10.6. The Kier molecular flexibility index (Phi) is 6.73. The molecule has 1 amide bonds. The lowest BCUT2D eigenvalue weighted by atomic mass is 10.1. The average Bonchev–Trinajstić information content (AvgIpc) is 2.73. The molecular formula is C24H29N2O3+. The Bertz CT molecular complexity index is 987. The Morgan fingerprint density at radius 3 is 2.34 bits per heavy atom. The number of ether oxygens (including phenoxy) is 2. The average molecular weight is 394 g/mol. The Labute approximate surface area is 172 Å². The van der Waals surface area contributed by atoms with E-state index in [0.717, 1.165) is 44.8 Å². The smallest absolute Gasteiger partial charge is 0.277 e. The largest absolute Gasteiger partial charge is 0.497 e. The van der Waals surface area contributed by atoms with Crippen LogP contribution < -0.4 is 14.4 Å². The highest BCUT2D eigenvalue weighted by molar-refractivity contribution is 5.84. The lowest BCUT2D eigenvalue weighted by Gasteiger charge is -2.20. The Morgan fingerprint density at radius 1 is 0.897 bits per heavy atom. The number of amides is 1. The molecule has 0 aliphatic carbocycles. The van der Waals surface area contributed by atoms with Gasteiger partial charge >= 0.3 is 0 Å². The number of methoxy groups -OCH3 is 2. The number of fused-ring (bicyclic) bond motifs is 1. The molecule has 152 valence electrons. The van der Waals surface area contributed by atoms with Gasteiger partial charge in [0, 0.05) is 19.2 Å². The van der Waals surface area contributed by atoms with Crippen LogP contribution in [0.2, 0.25) is 0 Å². The maximum absolute atomic E-state index is 12.7. The van der Waals surface area contributed by atoms with Crippen molar-refractivity contribution in [3.8, 4) is 11.5 Å². The van der Waals surface area contributed by atoms with Crippen LogP contribution in [-0.2, 0) is 17.9 Å². The summed E-state index contributed by atoms with van der Waals surface area (Å²) in [6.45, 7) is 1.81. The van der Waals surface area contributed by atoms with Crippen LogP contribution in [0.5, 0.6) is 11.5 Å². The topological polar surface area (TPSA) is 43.2 Å². The quantitative estimate of drug-likeness (QED) is 0.640. The molecule has 0 heterocycles. The molecule has 5 heteroatoms. The predicted octanol–water partition coefficient (Wildman–Crippen LogP) is 2.53. The lowest BCUT2D eigenvalue weighted by Crippen LogP contribution is -3.08. The summed E-state index contributed by atoms with van der Waals surface area (Å²) in [6.07, 6.45) is 0. The number of benzene rings is 3. The lowest BCUT2D eigenvalue weighted by molar-refractivity contribution is -0.885. The zero-order chi connectivity index (χ0) is 20.8. The summed E-state index contributed by atoms with van der Waals surface area (Å²) in [5.41, 5.74) is 2.27. The van der Waals surface area contributed by atoms with Crippen LogP contribution in [0.25, 0.3) is 10.8 Å². The van der Waals surface area contributed by atoms with Gasteiger partial charge in [-0.05, 0) is 46.7 Å². The van der Waals surface area contributed by atoms with Gasteiger partial charge in [0.05, 0.1) is 21.3 Å². The number of likely N-dealkylation sites (N-methyl/N-ethyl adjacent to an activating group) is 2. The van der Waals surface area contributed by atoms with Crippen molar-refractivity contribution in [2.45, 2.75) is 13.1 Å². The van der Waals surface area contributed by atoms with Crippen molar-refractivity contribution in [1.82, 2.24) is 4.90 Å². The summed E-state index contributed by atoms with van der Waals surface area (Å²) in [4.78, 5) is 15.6. The minimum Gasteiger partial charge on any atom is -0.497 e. The fourth-order valence-corrected chi connectivity index (χ4v) is 3.45. The molecule has 0 spiro atoms. The van der Waals surface area contributed by atoms with Crippen LogP contribution in [-0.4, -0.2) is 45.7 Å². The number of nitrogens with zero attached hydrogens (tertiary/aromatic N) is 1. The second kappa shape index (κ2) is 9.43. The van der Waals surface area contributed by atoms with Gasteiger partial charge in [0.25, 0.3) is 5.91 Å². The van der Waals surface area contributed by atoms with E-state index in [2.05, 4.69) is 24.3 Å². The van der Waals surface area contributed by atoms with Crippen LogP contribution in [0.1, 0.15) is 11.1 Å². The molecule has 0 saturated heterocycles. The third-order valence-electron chi connectivity index (χ3n) is 5.05. The van der Waals surface area contributed by atoms with Gasteiger partial charge in [-0.2, -0.15) is 0 Å². The van der Waals surface area contributed by atoms with E-state index in [1.807, 2.05) is 50.5 Å². The molecule has 1 N–H and O–H groups in total. The number of carbonyl (C=O) groups is 1. The van der Waals surface area contributed by atoms with Crippen molar-refractivity contribution in [3.63, 3.8) is 0 Å². The highest BCUT2D eigenvalue weighted by Crippen LogP contribution is 2.22. The number of hydrogen-bond donors (Lipinski definition) is 1. The third kappa shape index (κ3) is 5.48. The molecule has 1 atom stereocenters. The van der Waals surface area contributed by atoms with Crippen molar-refractivity contribution < 1.29 is 19.2 Å². The van der Waals surface area contributed by atoms with Crippen LogP contribution >= 0.6 is 0 Å². The summed E-state index contributed by atoms with van der Waals surface area (Å²) in [5.74, 6) is 1.81. The second-order valence-corrected chi connectivity index (χ2v) is 7.46. The molecule has 1 unspecified atom stereocenters. The van der Waals surface area contributed by atoms with E-state index in [4.69, 9.17) is 9.47 Å². The molecule has 0 saturated carbocycles. The Hall–Kier alpha value is -3.05. The van der Waals surface area contributed by atoms with Gasteiger partial charge in [0.2, 0.25) is 0 Å². The number of quaternary nitrogens is 1. The van der Waals surface area contributed by atoms with E-state index < -0.39 is 0 Å². The van der Waals surface area contributed by atoms with Crippen LogP contribution in [0.3, 0.4) is 0 Å². The van der Waals surface area contributed by atoms with E-state index >= 15 is 0 Å². The third-order valence-corrected chi connectivity index (χ3v) is 5.05. The number of rotatable bonds is 8. The first-order chi connectivity index (χ1) is 14.0. The fraction of sp³-hybridized carbons (Fsp3) is 0.292. The SMILES string of the molecule is COc1cccc(C[NH+](C)CC(=O)N(C)Cc2ccc3cc(OC)ccc3c2)c1. The standard InChI is InChI=1S/C24H28N2O3/c1-25(15-18-6-5-7-22(13-18)28-3)17-24(27)26(2)16-19-8-9-21-14-23(29-4)11-10-20(21)12-19/h5-14H,15-17H2,1-4H3/p+1. The first kappa shape index (κ1) is 20.7. The summed E-state index contributed by atoms with van der Waals surface area (Å²) in [7, 11) is 7.23. The molecule has 3 rings (SSSR count). The summed E-state index contributed by atoms with van der Waals surface area (Å²) in [6, 6.07) is 20.3. The Balaban J connectivity index is 1.58. The number of nitrogens with one attached hydrogen (secondary N) is 1. The minimum absolute atomic E-state index is 0.125. The molecule has 3 aromatic carbocycles. The van der Waals surface area contributed by atoms with Gasteiger partial charge in [-0.1, -0.05) is 30.3 Å². The van der Waals surface area contributed by atoms with Crippen molar-refractivity contribution in [2.75, 3.05) is 34.9 Å². The van der Waals surface area contributed by atoms with E-state index in [1.165, 1.54) is 0 Å². The van der Waals surface area contributed by atoms with E-state index in [1.54, 1.807) is 19.1 Å². The fourth-order valence-electron chi connectivity index (χ4n) is 3.45. The number of carbonyl (C=O) groups excluding carboxylic acids is 1. The Morgan fingerprint density at radius 2 is 1.59 bits per heavy atom. The zero-order valence-corrected chi connectivity index (χ0v) is 17.6. The van der Waals surface area contributed by atoms with Crippen LogP contribution in [0.15, 0.2) is 60.7 Å². The molecular weight excluding hydrogens is 364 g/mol. The molecule has 29 heavy (non-hydrogen) atoms. The highest BCUT2D eigenvalue weighted by atomic mass is 16.5. The second-order valence-electron chi connectivity index (χ2n) is 7.46. The molecule has 0 radical (unpaired) electrons. The first-order valence-electron chi connectivity index (χ1n) is 9.73. The maximum Gasteiger partial charge on any atom is 0.277 e. The van der Waals surface area contributed by atoms with E-state index in [9.17, 15) is 4.79 Å². The molecule has 0 aliphatic rings. The highest BCUT2D eigenvalue weighted by Gasteiger charge is 2.16. The van der Waals surface area contributed by atoms with Crippen molar-refractivity contribution >= 4 is 16.7 Å². The monoisotopic (exact) mass is 393 g/mol. The summed E-state index contributed by atoms with van der Waals surface area (Å²) in [5, 5.41) is 2.27. The molecule has 5 nitrogen and oxygen atoms in total. The van der Waals surface area contributed by atoms with Gasteiger partial charge < -0.3 is 19.3 Å².